The Kier molecular flexibility index (Phi) is 4.39. The SMILES string of the molecule is C[C@H](O)CN(C)Cc1ccccc1Cl. The van der Waals surface area contributed by atoms with Crippen LogP contribution < -0.4 is 0 Å². The largest absolute Gasteiger partial charge is 0.392 e. The predicted molar refractivity (Wildman–Crippen MR) is 59.5 cm³/mol. The van der Waals surface area contributed by atoms with Gasteiger partial charge in [0, 0.05) is 18.1 Å². The van der Waals surface area contributed by atoms with Crippen molar-refractivity contribution < 1.29 is 5.11 Å². The second kappa shape index (κ2) is 5.35. The normalized spacial score (nSPS) is 13.2. The van der Waals surface area contributed by atoms with Crippen LogP contribution in [0.2, 0.25) is 5.02 Å². The molecule has 0 radical (unpaired) electrons. The van der Waals surface area contributed by atoms with Crippen LogP contribution in [0.25, 0.3) is 0 Å². The van der Waals surface area contributed by atoms with E-state index in [9.17, 15) is 5.11 Å². The molecule has 14 heavy (non-hydrogen) atoms. The number of rotatable bonds is 4. The van der Waals surface area contributed by atoms with E-state index >= 15 is 0 Å². The molecule has 0 spiro atoms. The van der Waals surface area contributed by atoms with E-state index < -0.39 is 0 Å². The molecular weight excluding hydrogens is 198 g/mol. The van der Waals surface area contributed by atoms with Gasteiger partial charge < -0.3 is 5.11 Å². The van der Waals surface area contributed by atoms with E-state index in [1.54, 1.807) is 6.92 Å². The average molecular weight is 214 g/mol. The smallest absolute Gasteiger partial charge is 0.0639 e. The molecule has 0 heterocycles. The average Bonchev–Trinajstić information content (AvgIpc) is 2.07. The number of aliphatic hydroxyl groups excluding tert-OH is 1. The molecule has 0 aromatic heterocycles. The van der Waals surface area contributed by atoms with Crippen LogP contribution in [0.1, 0.15) is 12.5 Å². The van der Waals surface area contributed by atoms with Gasteiger partial charge in [0.1, 0.15) is 0 Å². The van der Waals surface area contributed by atoms with Gasteiger partial charge in [-0.3, -0.25) is 4.90 Å². The summed E-state index contributed by atoms with van der Waals surface area (Å²) in [4.78, 5) is 2.05. The Hall–Kier alpha value is -0.570. The van der Waals surface area contributed by atoms with Crippen molar-refractivity contribution in [1.29, 1.82) is 0 Å². The Morgan fingerprint density at radius 1 is 1.43 bits per heavy atom. The number of nitrogens with zero attached hydrogens (tertiary/aromatic N) is 1. The first-order chi connectivity index (χ1) is 6.59. The van der Waals surface area contributed by atoms with Crippen molar-refractivity contribution in [1.82, 2.24) is 4.90 Å². The van der Waals surface area contributed by atoms with Crippen molar-refractivity contribution in [3.63, 3.8) is 0 Å². The van der Waals surface area contributed by atoms with Crippen LogP contribution >= 0.6 is 11.6 Å². The van der Waals surface area contributed by atoms with Crippen molar-refractivity contribution >= 4 is 11.6 Å². The lowest BCUT2D eigenvalue weighted by Gasteiger charge is -2.18. The molecule has 3 heteroatoms. The van der Waals surface area contributed by atoms with Crippen LogP contribution in [0.3, 0.4) is 0 Å². The van der Waals surface area contributed by atoms with Gasteiger partial charge in [0.15, 0.2) is 0 Å². The van der Waals surface area contributed by atoms with Crippen molar-refractivity contribution in [2.24, 2.45) is 0 Å². The van der Waals surface area contributed by atoms with E-state index in [1.165, 1.54) is 0 Å². The number of halogens is 1. The maximum atomic E-state index is 9.20. The van der Waals surface area contributed by atoms with Gasteiger partial charge in [-0.25, -0.2) is 0 Å². The monoisotopic (exact) mass is 213 g/mol. The van der Waals surface area contributed by atoms with E-state index in [1.807, 2.05) is 36.2 Å². The van der Waals surface area contributed by atoms with Crippen molar-refractivity contribution in [3.8, 4) is 0 Å². The van der Waals surface area contributed by atoms with E-state index in [0.29, 0.717) is 6.54 Å². The number of aliphatic hydroxyl groups is 1. The summed E-state index contributed by atoms with van der Waals surface area (Å²) in [5.41, 5.74) is 1.09. The number of likely N-dealkylation sites (N-methyl/N-ethyl adjacent to an activating group) is 1. The minimum absolute atomic E-state index is 0.303. The third-order valence-corrected chi connectivity index (χ3v) is 2.34. The van der Waals surface area contributed by atoms with Gasteiger partial charge in [0.2, 0.25) is 0 Å². The van der Waals surface area contributed by atoms with Crippen LogP contribution in [-0.4, -0.2) is 29.7 Å². The Morgan fingerprint density at radius 3 is 2.64 bits per heavy atom. The van der Waals surface area contributed by atoms with Crippen LogP contribution in [-0.2, 0) is 6.54 Å². The highest BCUT2D eigenvalue weighted by Gasteiger charge is 2.05. The molecule has 1 aromatic rings. The number of hydrogen-bond donors (Lipinski definition) is 1. The Labute approximate surface area is 90.1 Å². The highest BCUT2D eigenvalue weighted by atomic mass is 35.5. The first-order valence-electron chi connectivity index (χ1n) is 4.69. The summed E-state index contributed by atoms with van der Waals surface area (Å²) in [6.45, 7) is 3.21. The molecule has 78 valence electrons. The highest BCUT2D eigenvalue weighted by Crippen LogP contribution is 2.16. The van der Waals surface area contributed by atoms with Crippen molar-refractivity contribution in [3.05, 3.63) is 34.9 Å². The van der Waals surface area contributed by atoms with E-state index in [-0.39, 0.29) is 6.10 Å². The first-order valence-corrected chi connectivity index (χ1v) is 5.07. The lowest BCUT2D eigenvalue weighted by atomic mass is 10.2. The van der Waals surface area contributed by atoms with Crippen LogP contribution in [0.5, 0.6) is 0 Å². The van der Waals surface area contributed by atoms with Crippen molar-refractivity contribution in [2.45, 2.75) is 19.6 Å². The maximum Gasteiger partial charge on any atom is 0.0639 e. The molecule has 0 aliphatic carbocycles. The molecule has 0 fully saturated rings. The maximum absolute atomic E-state index is 9.20. The second-order valence-corrected chi connectivity index (χ2v) is 4.04. The quantitative estimate of drug-likeness (QED) is 0.829. The van der Waals surface area contributed by atoms with E-state index in [4.69, 9.17) is 11.6 Å². The van der Waals surface area contributed by atoms with Gasteiger partial charge in [-0.05, 0) is 25.6 Å². The van der Waals surface area contributed by atoms with E-state index in [2.05, 4.69) is 0 Å². The minimum atomic E-state index is -0.303. The molecule has 0 saturated carbocycles. The predicted octanol–water partition coefficient (Wildman–Crippen LogP) is 2.15. The molecule has 0 bridgehead atoms. The van der Waals surface area contributed by atoms with E-state index in [0.717, 1.165) is 17.1 Å². The van der Waals surface area contributed by atoms with Gasteiger partial charge in [0.05, 0.1) is 6.10 Å². The number of hydrogen-bond acceptors (Lipinski definition) is 2. The molecule has 0 aliphatic rings. The highest BCUT2D eigenvalue weighted by molar-refractivity contribution is 6.31. The topological polar surface area (TPSA) is 23.5 Å². The van der Waals surface area contributed by atoms with Gasteiger partial charge in [-0.2, -0.15) is 0 Å². The fraction of sp³-hybridized carbons (Fsp3) is 0.455. The Morgan fingerprint density at radius 2 is 2.07 bits per heavy atom. The molecule has 1 N–H and O–H groups in total. The summed E-state index contributed by atoms with van der Waals surface area (Å²) in [6.07, 6.45) is -0.303. The van der Waals surface area contributed by atoms with Crippen LogP contribution in [0, 0.1) is 0 Å². The second-order valence-electron chi connectivity index (χ2n) is 3.64. The molecule has 0 unspecified atom stereocenters. The Balaban J connectivity index is 2.56. The standard InChI is InChI=1S/C11H16ClNO/c1-9(14)7-13(2)8-10-5-3-4-6-11(10)12/h3-6,9,14H,7-8H2,1-2H3/t9-/m0/s1. The van der Waals surface area contributed by atoms with Gasteiger partial charge in [-0.15, -0.1) is 0 Å². The third-order valence-electron chi connectivity index (χ3n) is 1.97. The molecule has 1 aromatic carbocycles. The van der Waals surface area contributed by atoms with Gasteiger partial charge in [0.25, 0.3) is 0 Å². The summed E-state index contributed by atoms with van der Waals surface area (Å²) in [6, 6.07) is 7.77. The molecule has 1 rings (SSSR count). The zero-order chi connectivity index (χ0) is 10.6. The summed E-state index contributed by atoms with van der Waals surface area (Å²) in [7, 11) is 1.97. The molecule has 0 aliphatic heterocycles. The van der Waals surface area contributed by atoms with Crippen molar-refractivity contribution in [2.75, 3.05) is 13.6 Å². The molecule has 1 atom stereocenters. The minimum Gasteiger partial charge on any atom is -0.392 e. The molecule has 0 saturated heterocycles. The lowest BCUT2D eigenvalue weighted by Crippen LogP contribution is -2.26. The summed E-state index contributed by atoms with van der Waals surface area (Å²) in [5.74, 6) is 0. The summed E-state index contributed by atoms with van der Waals surface area (Å²) in [5, 5.41) is 9.98. The molecule has 0 amide bonds. The van der Waals surface area contributed by atoms with Gasteiger partial charge in [-0.1, -0.05) is 29.8 Å². The third kappa shape index (κ3) is 3.66. The summed E-state index contributed by atoms with van der Waals surface area (Å²) < 4.78 is 0. The van der Waals surface area contributed by atoms with Gasteiger partial charge >= 0.3 is 0 Å². The fourth-order valence-corrected chi connectivity index (χ4v) is 1.63. The molecular formula is C11H16ClNO. The van der Waals surface area contributed by atoms with Crippen LogP contribution in [0.4, 0.5) is 0 Å². The molecule has 2 nitrogen and oxygen atoms in total. The summed E-state index contributed by atoms with van der Waals surface area (Å²) >= 11 is 6.02. The van der Waals surface area contributed by atoms with Crippen LogP contribution in [0.15, 0.2) is 24.3 Å². The zero-order valence-electron chi connectivity index (χ0n) is 8.57. The Bertz CT molecular complexity index is 288. The lowest BCUT2D eigenvalue weighted by molar-refractivity contribution is 0.138. The fourth-order valence-electron chi connectivity index (χ4n) is 1.43. The number of benzene rings is 1. The first kappa shape index (κ1) is 11.5. The zero-order valence-corrected chi connectivity index (χ0v) is 9.33.